The van der Waals surface area contributed by atoms with Crippen molar-refractivity contribution in [1.29, 1.82) is 0 Å². The third kappa shape index (κ3) is 3.30. The summed E-state index contributed by atoms with van der Waals surface area (Å²) in [6.07, 6.45) is 8.63. The Morgan fingerprint density at radius 1 is 1.24 bits per heavy atom. The van der Waals surface area contributed by atoms with Gasteiger partial charge in [-0.05, 0) is 32.7 Å². The highest BCUT2D eigenvalue weighted by atomic mass is 15.3. The van der Waals surface area contributed by atoms with Crippen LogP contribution in [0.15, 0.2) is 6.33 Å². The minimum Gasteiger partial charge on any atom is -0.368 e. The minimum atomic E-state index is 0.0118. The molecule has 8 heteroatoms. The number of nitrogen functional groups attached to an aromatic ring is 1. The molecule has 1 atom stereocenters. The van der Waals surface area contributed by atoms with Gasteiger partial charge in [-0.3, -0.25) is 0 Å². The smallest absolute Gasteiger partial charge is 0.222 e. The van der Waals surface area contributed by atoms with Crippen LogP contribution in [0.25, 0.3) is 0 Å². The lowest BCUT2D eigenvalue weighted by atomic mass is 10.1. The van der Waals surface area contributed by atoms with Crippen LogP contribution in [0.2, 0.25) is 0 Å². The van der Waals surface area contributed by atoms with Crippen molar-refractivity contribution in [3.05, 3.63) is 23.4 Å². The maximum Gasteiger partial charge on any atom is 0.222 e. The van der Waals surface area contributed by atoms with Crippen molar-refractivity contribution in [3.63, 3.8) is 0 Å². The molecule has 1 aliphatic heterocycles. The zero-order valence-electron chi connectivity index (χ0n) is 14.7. The van der Waals surface area contributed by atoms with Gasteiger partial charge in [-0.15, -0.1) is 10.2 Å². The van der Waals surface area contributed by atoms with Crippen LogP contribution >= 0.6 is 0 Å². The number of nitrogens with zero attached hydrogens (tertiary/aromatic N) is 5. The molecule has 2 aliphatic rings. The summed E-state index contributed by atoms with van der Waals surface area (Å²) in [6, 6.07) is 0.531. The van der Waals surface area contributed by atoms with Gasteiger partial charge in [0.05, 0.1) is 11.7 Å². The molecule has 0 bridgehead atoms. The third-order valence-corrected chi connectivity index (χ3v) is 5.26. The minimum absolute atomic E-state index is 0.0118. The van der Waals surface area contributed by atoms with Crippen molar-refractivity contribution in [1.82, 2.24) is 30.0 Å². The number of hydrogen-bond donors (Lipinski definition) is 3. The van der Waals surface area contributed by atoms with Gasteiger partial charge in [-0.25, -0.2) is 4.98 Å². The van der Waals surface area contributed by atoms with Gasteiger partial charge in [0.15, 0.2) is 5.82 Å². The number of aromatic nitrogens is 5. The maximum atomic E-state index is 5.94. The van der Waals surface area contributed by atoms with Crippen LogP contribution in [0.4, 0.5) is 11.8 Å². The average molecular weight is 342 g/mol. The number of fused-ring (bicyclic) bond motifs is 1. The monoisotopic (exact) mass is 342 g/mol. The van der Waals surface area contributed by atoms with E-state index in [2.05, 4.69) is 42.3 Å². The molecule has 2 aromatic heterocycles. The number of anilines is 2. The second-order valence-corrected chi connectivity index (χ2v) is 7.01. The van der Waals surface area contributed by atoms with E-state index in [1.54, 1.807) is 0 Å². The lowest BCUT2D eigenvalue weighted by Gasteiger charge is -2.21. The molecule has 2 aromatic rings. The van der Waals surface area contributed by atoms with Gasteiger partial charge in [0, 0.05) is 24.6 Å². The van der Waals surface area contributed by atoms with Crippen molar-refractivity contribution < 1.29 is 0 Å². The third-order valence-electron chi connectivity index (χ3n) is 5.26. The molecular formula is C17H26N8. The van der Waals surface area contributed by atoms with Gasteiger partial charge < -0.3 is 20.9 Å². The summed E-state index contributed by atoms with van der Waals surface area (Å²) >= 11 is 0. The van der Waals surface area contributed by atoms with Gasteiger partial charge in [-0.1, -0.05) is 12.8 Å². The van der Waals surface area contributed by atoms with E-state index in [-0.39, 0.29) is 6.04 Å². The number of nitrogens with two attached hydrogens (primary N) is 1. The van der Waals surface area contributed by atoms with Crippen molar-refractivity contribution in [2.24, 2.45) is 0 Å². The molecule has 0 aromatic carbocycles. The van der Waals surface area contributed by atoms with E-state index in [9.17, 15) is 0 Å². The van der Waals surface area contributed by atoms with Crippen molar-refractivity contribution in [2.75, 3.05) is 24.1 Å². The van der Waals surface area contributed by atoms with Gasteiger partial charge in [0.25, 0.3) is 0 Å². The van der Waals surface area contributed by atoms with E-state index in [1.165, 1.54) is 25.7 Å². The zero-order chi connectivity index (χ0) is 17.2. The first-order chi connectivity index (χ1) is 12.2. The molecule has 3 heterocycles. The van der Waals surface area contributed by atoms with E-state index in [0.717, 1.165) is 48.8 Å². The van der Waals surface area contributed by atoms with Crippen LogP contribution in [0.1, 0.15) is 61.8 Å². The normalized spacial score (nSPS) is 19.4. The van der Waals surface area contributed by atoms with Crippen LogP contribution < -0.4 is 16.4 Å². The first-order valence-corrected chi connectivity index (χ1v) is 9.24. The van der Waals surface area contributed by atoms with Gasteiger partial charge in [-0.2, -0.15) is 4.98 Å². The summed E-state index contributed by atoms with van der Waals surface area (Å²) in [5.74, 6) is 2.12. The van der Waals surface area contributed by atoms with E-state index >= 15 is 0 Å². The van der Waals surface area contributed by atoms with Crippen LogP contribution in [0.5, 0.6) is 0 Å². The molecular weight excluding hydrogens is 316 g/mol. The summed E-state index contributed by atoms with van der Waals surface area (Å²) < 4.78 is 2.23. The number of rotatable bonds is 4. The molecule has 0 amide bonds. The van der Waals surface area contributed by atoms with Gasteiger partial charge in [0.2, 0.25) is 5.95 Å². The highest BCUT2D eigenvalue weighted by Gasteiger charge is 2.24. The molecule has 1 fully saturated rings. The van der Waals surface area contributed by atoms with Gasteiger partial charge >= 0.3 is 0 Å². The van der Waals surface area contributed by atoms with Crippen molar-refractivity contribution >= 4 is 11.8 Å². The predicted octanol–water partition coefficient (Wildman–Crippen LogP) is 1.63. The van der Waals surface area contributed by atoms with E-state index in [1.807, 2.05) is 6.33 Å². The second kappa shape index (κ2) is 6.95. The Labute approximate surface area is 147 Å². The molecule has 25 heavy (non-hydrogen) atoms. The fraction of sp³-hybridized carbons (Fsp3) is 0.647. The summed E-state index contributed by atoms with van der Waals surface area (Å²) in [7, 11) is 0. The van der Waals surface area contributed by atoms with Crippen molar-refractivity contribution in [3.8, 4) is 0 Å². The highest BCUT2D eigenvalue weighted by molar-refractivity contribution is 5.51. The number of nitrogens with one attached hydrogen (secondary N) is 2. The molecule has 0 radical (unpaired) electrons. The first kappa shape index (κ1) is 16.3. The standard InChI is InChI=1S/C17H26N8/c1-11(16-24-20-10-25(16)12-4-2-3-5-12)21-15-13-6-8-19-9-7-14(13)22-17(18)23-15/h10-12,19H,2-9H2,1H3,(H3,18,21,22,23)/t11-/m1/s1. The summed E-state index contributed by atoms with van der Waals surface area (Å²) in [4.78, 5) is 8.91. The second-order valence-electron chi connectivity index (χ2n) is 7.01. The molecule has 4 rings (SSSR count). The summed E-state index contributed by atoms with van der Waals surface area (Å²) in [5.41, 5.74) is 8.15. The van der Waals surface area contributed by atoms with Crippen LogP contribution in [0, 0.1) is 0 Å². The Morgan fingerprint density at radius 3 is 2.88 bits per heavy atom. The zero-order valence-corrected chi connectivity index (χ0v) is 14.7. The molecule has 0 saturated heterocycles. The SMILES string of the molecule is C[C@@H](Nc1nc(N)nc2c1CCNCC2)c1nncn1C1CCCC1. The maximum absolute atomic E-state index is 5.94. The molecule has 8 nitrogen and oxygen atoms in total. The van der Waals surface area contributed by atoms with E-state index < -0.39 is 0 Å². The number of hydrogen-bond acceptors (Lipinski definition) is 7. The molecule has 0 unspecified atom stereocenters. The van der Waals surface area contributed by atoms with Crippen LogP contribution in [0.3, 0.4) is 0 Å². The van der Waals surface area contributed by atoms with E-state index in [4.69, 9.17) is 5.73 Å². The molecule has 134 valence electrons. The van der Waals surface area contributed by atoms with E-state index in [0.29, 0.717) is 12.0 Å². The summed E-state index contributed by atoms with van der Waals surface area (Å²) in [6.45, 7) is 3.96. The molecule has 1 saturated carbocycles. The van der Waals surface area contributed by atoms with Gasteiger partial charge in [0.1, 0.15) is 12.1 Å². The predicted molar refractivity (Wildman–Crippen MR) is 96.3 cm³/mol. The topological polar surface area (TPSA) is 107 Å². The molecule has 0 spiro atoms. The molecule has 4 N–H and O–H groups in total. The molecule has 1 aliphatic carbocycles. The van der Waals surface area contributed by atoms with Crippen molar-refractivity contribution in [2.45, 2.75) is 57.5 Å². The highest BCUT2D eigenvalue weighted by Crippen LogP contribution is 2.32. The average Bonchev–Trinajstić information content (AvgIpc) is 3.22. The first-order valence-electron chi connectivity index (χ1n) is 9.24. The Kier molecular flexibility index (Phi) is 4.52. The van der Waals surface area contributed by atoms with Crippen LogP contribution in [-0.2, 0) is 12.8 Å². The fourth-order valence-electron chi connectivity index (χ4n) is 3.98. The van der Waals surface area contributed by atoms with Crippen LogP contribution in [-0.4, -0.2) is 37.8 Å². The fourth-order valence-corrected chi connectivity index (χ4v) is 3.98. The lowest BCUT2D eigenvalue weighted by Crippen LogP contribution is -2.19. The Hall–Kier alpha value is -2.22. The Morgan fingerprint density at radius 2 is 2.04 bits per heavy atom. The lowest BCUT2D eigenvalue weighted by molar-refractivity contribution is 0.487. The quantitative estimate of drug-likeness (QED) is 0.775. The Bertz CT molecular complexity index is 734. The largest absolute Gasteiger partial charge is 0.368 e. The summed E-state index contributed by atoms with van der Waals surface area (Å²) in [5, 5.41) is 15.5. The Balaban J connectivity index is 1.60.